The number of aryl methyl sites for hydroxylation is 2. The van der Waals surface area contributed by atoms with Gasteiger partial charge < -0.3 is 10.2 Å². The Balaban J connectivity index is 2.13. The number of aromatic carboxylic acids is 2. The molecular weight excluding hydrogens is 472 g/mol. The number of carboxylic acid groups (broad SMARTS) is 2. The molecule has 2 rings (SSSR count). The van der Waals surface area contributed by atoms with Gasteiger partial charge in [-0.15, -0.1) is 0 Å². The molecule has 0 saturated carbocycles. The Bertz CT molecular complexity index is 899. The molecule has 0 aliphatic rings. The number of unbranched alkanes of at least 4 members (excludes halogenated alkanes) is 14. The van der Waals surface area contributed by atoms with E-state index in [0.29, 0.717) is 11.1 Å². The smallest absolute Gasteiger partial charge is 0.335 e. The molecule has 0 heterocycles. The van der Waals surface area contributed by atoms with Crippen molar-refractivity contribution in [3.8, 4) is 11.1 Å². The van der Waals surface area contributed by atoms with E-state index in [0.717, 1.165) is 60.8 Å². The summed E-state index contributed by atoms with van der Waals surface area (Å²) in [6.07, 6.45) is 21.4. The van der Waals surface area contributed by atoms with Crippen molar-refractivity contribution in [1.29, 1.82) is 0 Å². The number of rotatable bonds is 21. The van der Waals surface area contributed by atoms with Gasteiger partial charge in [0.2, 0.25) is 0 Å². The molecule has 2 N–H and O–H groups in total. The van der Waals surface area contributed by atoms with Crippen LogP contribution in [0.4, 0.5) is 0 Å². The minimum atomic E-state index is -0.908. The van der Waals surface area contributed by atoms with E-state index in [9.17, 15) is 19.8 Å². The maximum atomic E-state index is 11.7. The van der Waals surface area contributed by atoms with E-state index in [-0.39, 0.29) is 0 Å². The Labute approximate surface area is 230 Å². The van der Waals surface area contributed by atoms with Crippen molar-refractivity contribution in [2.75, 3.05) is 0 Å². The molecule has 0 bridgehead atoms. The highest BCUT2D eigenvalue weighted by Gasteiger charge is 2.15. The van der Waals surface area contributed by atoms with Gasteiger partial charge in [0.05, 0.1) is 11.1 Å². The Morgan fingerprint density at radius 3 is 1.13 bits per heavy atom. The zero-order chi connectivity index (χ0) is 27.6. The van der Waals surface area contributed by atoms with Gasteiger partial charge in [0, 0.05) is 0 Å². The van der Waals surface area contributed by atoms with Crippen molar-refractivity contribution in [2.24, 2.45) is 0 Å². The number of hydrogen-bond donors (Lipinski definition) is 2. The molecule has 2 aromatic rings. The predicted molar refractivity (Wildman–Crippen MR) is 158 cm³/mol. The monoisotopic (exact) mass is 522 g/mol. The standard InChI is InChI=1S/C34H50O4/c1-3-5-7-9-11-13-15-17-19-27-25-29(33(35)36)21-23-31(27)32-24-22-30(34(37)38)26-28(32)20-18-16-14-12-10-8-6-4-2/h21-26H,3-20H2,1-2H3,(H,35,36)(H,37,38). The van der Waals surface area contributed by atoms with Crippen LogP contribution in [0.5, 0.6) is 0 Å². The van der Waals surface area contributed by atoms with Gasteiger partial charge in [0.25, 0.3) is 0 Å². The number of carboxylic acids is 2. The molecule has 0 saturated heterocycles. The first-order valence-electron chi connectivity index (χ1n) is 15.2. The van der Waals surface area contributed by atoms with E-state index in [1.54, 1.807) is 12.1 Å². The SMILES string of the molecule is CCCCCCCCCCc1cc(C(=O)O)ccc1-c1ccc(C(=O)O)cc1CCCCCCCCCC. The van der Waals surface area contributed by atoms with Crippen LogP contribution in [-0.4, -0.2) is 22.2 Å². The van der Waals surface area contributed by atoms with Crippen molar-refractivity contribution in [3.63, 3.8) is 0 Å². The van der Waals surface area contributed by atoms with Gasteiger partial charge in [-0.3, -0.25) is 0 Å². The molecule has 0 unspecified atom stereocenters. The third-order valence-electron chi connectivity index (χ3n) is 7.59. The van der Waals surface area contributed by atoms with Gasteiger partial charge in [-0.1, -0.05) is 116 Å². The summed E-state index contributed by atoms with van der Waals surface area (Å²) in [7, 11) is 0. The third kappa shape index (κ3) is 11.4. The summed E-state index contributed by atoms with van der Waals surface area (Å²) in [5.41, 5.74) is 4.83. The average Bonchev–Trinajstić information content (AvgIpc) is 2.91. The number of hydrogen-bond acceptors (Lipinski definition) is 2. The van der Waals surface area contributed by atoms with Crippen molar-refractivity contribution >= 4 is 11.9 Å². The van der Waals surface area contributed by atoms with Gasteiger partial charge in [-0.05, 0) is 72.2 Å². The molecule has 4 heteroatoms. The Kier molecular flexibility index (Phi) is 15.5. The van der Waals surface area contributed by atoms with E-state index >= 15 is 0 Å². The average molecular weight is 523 g/mol. The Hall–Kier alpha value is -2.62. The second-order valence-electron chi connectivity index (χ2n) is 10.8. The van der Waals surface area contributed by atoms with Crippen molar-refractivity contribution < 1.29 is 19.8 Å². The molecule has 0 amide bonds. The molecule has 0 atom stereocenters. The second kappa shape index (κ2) is 18.6. The predicted octanol–water partition coefficient (Wildman–Crippen LogP) is 10.1. The zero-order valence-corrected chi connectivity index (χ0v) is 23.9. The minimum Gasteiger partial charge on any atom is -0.478 e. The highest BCUT2D eigenvalue weighted by Crippen LogP contribution is 2.32. The fraction of sp³-hybridized carbons (Fsp3) is 0.588. The Morgan fingerprint density at radius 1 is 0.500 bits per heavy atom. The van der Waals surface area contributed by atoms with Crippen LogP contribution in [0, 0.1) is 0 Å². The molecule has 2 aromatic carbocycles. The highest BCUT2D eigenvalue weighted by molar-refractivity contribution is 5.91. The lowest BCUT2D eigenvalue weighted by Crippen LogP contribution is -2.03. The molecule has 0 spiro atoms. The molecule has 4 nitrogen and oxygen atoms in total. The minimum absolute atomic E-state index is 0.315. The lowest BCUT2D eigenvalue weighted by atomic mass is 9.88. The van der Waals surface area contributed by atoms with Crippen LogP contribution in [0.25, 0.3) is 11.1 Å². The third-order valence-corrected chi connectivity index (χ3v) is 7.59. The number of benzene rings is 2. The van der Waals surface area contributed by atoms with Gasteiger partial charge in [-0.2, -0.15) is 0 Å². The molecule has 0 aliphatic carbocycles. The van der Waals surface area contributed by atoms with E-state index in [1.807, 2.05) is 24.3 Å². The van der Waals surface area contributed by atoms with E-state index in [2.05, 4.69) is 13.8 Å². The lowest BCUT2D eigenvalue weighted by molar-refractivity contribution is 0.0686. The Morgan fingerprint density at radius 2 is 0.816 bits per heavy atom. The molecule has 0 fully saturated rings. The molecular formula is C34H50O4. The summed E-state index contributed by atoms with van der Waals surface area (Å²) in [5, 5.41) is 19.2. The topological polar surface area (TPSA) is 74.6 Å². The van der Waals surface area contributed by atoms with Gasteiger partial charge in [0.1, 0.15) is 0 Å². The summed E-state index contributed by atoms with van der Waals surface area (Å²) in [4.78, 5) is 23.4. The molecule has 0 aliphatic heterocycles. The number of carbonyl (C=O) groups is 2. The van der Waals surface area contributed by atoms with Crippen molar-refractivity contribution in [2.45, 2.75) is 129 Å². The van der Waals surface area contributed by atoms with Crippen molar-refractivity contribution in [1.82, 2.24) is 0 Å². The fourth-order valence-corrected chi connectivity index (χ4v) is 5.29. The summed E-state index contributed by atoms with van der Waals surface area (Å²) in [6, 6.07) is 10.9. The first kappa shape index (κ1) is 31.6. The lowest BCUT2D eigenvalue weighted by Gasteiger charge is -2.16. The summed E-state index contributed by atoms with van der Waals surface area (Å²) < 4.78 is 0. The first-order chi connectivity index (χ1) is 18.5. The van der Waals surface area contributed by atoms with Crippen LogP contribution >= 0.6 is 0 Å². The zero-order valence-electron chi connectivity index (χ0n) is 23.9. The molecule has 210 valence electrons. The largest absolute Gasteiger partial charge is 0.478 e. The maximum Gasteiger partial charge on any atom is 0.335 e. The highest BCUT2D eigenvalue weighted by atomic mass is 16.4. The first-order valence-corrected chi connectivity index (χ1v) is 15.2. The summed E-state index contributed by atoms with van der Waals surface area (Å²) in [5.74, 6) is -1.82. The maximum absolute atomic E-state index is 11.7. The normalized spacial score (nSPS) is 11.1. The summed E-state index contributed by atoms with van der Waals surface area (Å²) in [6.45, 7) is 4.47. The summed E-state index contributed by atoms with van der Waals surface area (Å²) >= 11 is 0. The van der Waals surface area contributed by atoms with Crippen LogP contribution in [0.2, 0.25) is 0 Å². The molecule has 0 aromatic heterocycles. The van der Waals surface area contributed by atoms with Crippen LogP contribution in [0.3, 0.4) is 0 Å². The van der Waals surface area contributed by atoms with E-state index < -0.39 is 11.9 Å². The van der Waals surface area contributed by atoms with Crippen molar-refractivity contribution in [3.05, 3.63) is 58.7 Å². The van der Waals surface area contributed by atoms with Crippen LogP contribution < -0.4 is 0 Å². The fourth-order valence-electron chi connectivity index (χ4n) is 5.29. The van der Waals surface area contributed by atoms with Crippen LogP contribution in [-0.2, 0) is 12.8 Å². The van der Waals surface area contributed by atoms with Gasteiger partial charge in [-0.25, -0.2) is 9.59 Å². The van der Waals surface area contributed by atoms with Crippen LogP contribution in [0.15, 0.2) is 36.4 Å². The quantitative estimate of drug-likeness (QED) is 0.160. The van der Waals surface area contributed by atoms with Gasteiger partial charge >= 0.3 is 11.9 Å². The van der Waals surface area contributed by atoms with E-state index in [1.165, 1.54) is 77.0 Å². The van der Waals surface area contributed by atoms with Gasteiger partial charge in [0.15, 0.2) is 0 Å². The molecule has 38 heavy (non-hydrogen) atoms. The molecule has 0 radical (unpaired) electrons. The van der Waals surface area contributed by atoms with Crippen LogP contribution in [0.1, 0.15) is 148 Å². The van der Waals surface area contributed by atoms with E-state index in [4.69, 9.17) is 0 Å². The second-order valence-corrected chi connectivity index (χ2v) is 10.8.